The fraction of sp³-hybridized carbons (Fsp3) is 0.143. The van der Waals surface area contributed by atoms with Crippen LogP contribution in [0.4, 0.5) is 11.4 Å². The number of hydrogen-bond acceptors (Lipinski definition) is 3. The van der Waals surface area contributed by atoms with E-state index in [2.05, 4.69) is 0 Å². The summed E-state index contributed by atoms with van der Waals surface area (Å²) in [6, 6.07) is 11.4. The molecular weight excluding hydrogens is 212 g/mol. The van der Waals surface area contributed by atoms with E-state index in [-0.39, 0.29) is 0 Å². The van der Waals surface area contributed by atoms with Gasteiger partial charge in [0.2, 0.25) is 0 Å². The quantitative estimate of drug-likeness (QED) is 0.775. The van der Waals surface area contributed by atoms with Crippen LogP contribution in [-0.4, -0.2) is 0 Å². The number of nitrogen functional groups attached to an aromatic ring is 2. The number of anilines is 2. The van der Waals surface area contributed by atoms with Crippen LogP contribution in [0.5, 0.6) is 11.5 Å². The van der Waals surface area contributed by atoms with Crippen molar-refractivity contribution in [3.05, 3.63) is 47.5 Å². The van der Waals surface area contributed by atoms with Gasteiger partial charge in [0.1, 0.15) is 11.5 Å². The molecule has 88 valence electrons. The van der Waals surface area contributed by atoms with E-state index in [1.807, 2.05) is 50.2 Å². The molecule has 0 bridgehead atoms. The van der Waals surface area contributed by atoms with E-state index in [1.54, 1.807) is 0 Å². The molecule has 0 aliphatic carbocycles. The standard InChI is InChI=1S/C14H16N2O/c1-9-3-5-13(11(15)7-9)17-14-6-4-10(2)8-12(14)16/h3-8H,15-16H2,1-2H3. The van der Waals surface area contributed by atoms with Gasteiger partial charge in [-0.3, -0.25) is 0 Å². The third-order valence-electron chi connectivity index (χ3n) is 2.55. The van der Waals surface area contributed by atoms with E-state index >= 15 is 0 Å². The van der Waals surface area contributed by atoms with Crippen molar-refractivity contribution in [2.24, 2.45) is 0 Å². The van der Waals surface area contributed by atoms with Crippen LogP contribution in [0, 0.1) is 13.8 Å². The molecule has 4 N–H and O–H groups in total. The minimum Gasteiger partial charge on any atom is -0.453 e. The molecule has 0 saturated carbocycles. The summed E-state index contributed by atoms with van der Waals surface area (Å²) in [5.41, 5.74) is 15.2. The molecule has 0 amide bonds. The topological polar surface area (TPSA) is 61.3 Å². The lowest BCUT2D eigenvalue weighted by Crippen LogP contribution is -1.96. The normalized spacial score (nSPS) is 10.2. The zero-order valence-electron chi connectivity index (χ0n) is 10.0. The second-order valence-electron chi connectivity index (χ2n) is 4.18. The van der Waals surface area contributed by atoms with E-state index in [1.165, 1.54) is 0 Å². The Morgan fingerprint density at radius 1 is 0.765 bits per heavy atom. The van der Waals surface area contributed by atoms with Gasteiger partial charge in [0.25, 0.3) is 0 Å². The first kappa shape index (κ1) is 11.3. The summed E-state index contributed by atoms with van der Waals surface area (Å²) in [6.07, 6.45) is 0. The second-order valence-corrected chi connectivity index (χ2v) is 4.18. The number of nitrogens with two attached hydrogens (primary N) is 2. The number of benzene rings is 2. The number of ether oxygens (including phenoxy) is 1. The molecule has 2 aromatic carbocycles. The third-order valence-corrected chi connectivity index (χ3v) is 2.55. The monoisotopic (exact) mass is 228 g/mol. The van der Waals surface area contributed by atoms with E-state index in [0.29, 0.717) is 22.9 Å². The predicted octanol–water partition coefficient (Wildman–Crippen LogP) is 3.26. The number of hydrogen-bond donors (Lipinski definition) is 2. The maximum Gasteiger partial charge on any atom is 0.150 e. The first-order valence-electron chi connectivity index (χ1n) is 5.46. The van der Waals surface area contributed by atoms with Crippen LogP contribution in [0.2, 0.25) is 0 Å². The summed E-state index contributed by atoms with van der Waals surface area (Å²) >= 11 is 0. The Kier molecular flexibility index (Phi) is 2.91. The summed E-state index contributed by atoms with van der Waals surface area (Å²) < 4.78 is 5.70. The van der Waals surface area contributed by atoms with Crippen molar-refractivity contribution in [2.45, 2.75) is 13.8 Å². The van der Waals surface area contributed by atoms with Crippen molar-refractivity contribution in [1.29, 1.82) is 0 Å². The van der Waals surface area contributed by atoms with Gasteiger partial charge in [-0.25, -0.2) is 0 Å². The Morgan fingerprint density at radius 2 is 1.18 bits per heavy atom. The highest BCUT2D eigenvalue weighted by atomic mass is 16.5. The lowest BCUT2D eigenvalue weighted by Gasteiger charge is -2.11. The predicted molar refractivity (Wildman–Crippen MR) is 71.3 cm³/mol. The van der Waals surface area contributed by atoms with E-state index in [9.17, 15) is 0 Å². The zero-order chi connectivity index (χ0) is 12.4. The Bertz CT molecular complexity index is 500. The largest absolute Gasteiger partial charge is 0.453 e. The fourth-order valence-electron chi connectivity index (χ4n) is 1.64. The molecule has 0 radical (unpaired) electrons. The van der Waals surface area contributed by atoms with Crippen LogP contribution in [0.1, 0.15) is 11.1 Å². The van der Waals surface area contributed by atoms with Gasteiger partial charge in [-0.15, -0.1) is 0 Å². The van der Waals surface area contributed by atoms with Gasteiger partial charge in [0.15, 0.2) is 0 Å². The highest BCUT2D eigenvalue weighted by Gasteiger charge is 2.05. The van der Waals surface area contributed by atoms with E-state index in [0.717, 1.165) is 11.1 Å². The van der Waals surface area contributed by atoms with Crippen LogP contribution >= 0.6 is 0 Å². The molecule has 0 aliphatic heterocycles. The van der Waals surface area contributed by atoms with Crippen LogP contribution < -0.4 is 16.2 Å². The number of aryl methyl sites for hydroxylation is 2. The Morgan fingerprint density at radius 3 is 1.53 bits per heavy atom. The Hall–Kier alpha value is -2.16. The van der Waals surface area contributed by atoms with Crippen molar-refractivity contribution in [3.63, 3.8) is 0 Å². The fourth-order valence-corrected chi connectivity index (χ4v) is 1.64. The molecule has 2 rings (SSSR count). The first-order chi connectivity index (χ1) is 8.06. The Labute approximate surface area is 101 Å². The van der Waals surface area contributed by atoms with Gasteiger partial charge in [0, 0.05) is 0 Å². The summed E-state index contributed by atoms with van der Waals surface area (Å²) in [5.74, 6) is 1.26. The van der Waals surface area contributed by atoms with E-state index in [4.69, 9.17) is 16.2 Å². The molecule has 3 nitrogen and oxygen atoms in total. The maximum absolute atomic E-state index is 5.88. The molecule has 2 aromatic rings. The van der Waals surface area contributed by atoms with Crippen molar-refractivity contribution < 1.29 is 4.74 Å². The van der Waals surface area contributed by atoms with Gasteiger partial charge >= 0.3 is 0 Å². The smallest absolute Gasteiger partial charge is 0.150 e. The van der Waals surface area contributed by atoms with Gasteiger partial charge < -0.3 is 16.2 Å². The van der Waals surface area contributed by atoms with Crippen LogP contribution in [0.25, 0.3) is 0 Å². The maximum atomic E-state index is 5.88. The molecule has 0 fully saturated rings. The molecule has 0 spiro atoms. The molecule has 0 heterocycles. The lowest BCUT2D eigenvalue weighted by molar-refractivity contribution is 0.487. The summed E-state index contributed by atoms with van der Waals surface area (Å²) in [6.45, 7) is 3.97. The Balaban J connectivity index is 2.31. The summed E-state index contributed by atoms with van der Waals surface area (Å²) in [7, 11) is 0. The summed E-state index contributed by atoms with van der Waals surface area (Å²) in [4.78, 5) is 0. The molecule has 0 aromatic heterocycles. The SMILES string of the molecule is Cc1ccc(Oc2ccc(C)cc2N)c(N)c1. The van der Waals surface area contributed by atoms with Crippen LogP contribution in [0.3, 0.4) is 0 Å². The highest BCUT2D eigenvalue weighted by molar-refractivity contribution is 5.60. The molecule has 0 saturated heterocycles. The first-order valence-corrected chi connectivity index (χ1v) is 5.46. The molecule has 0 atom stereocenters. The lowest BCUT2D eigenvalue weighted by atomic mass is 10.2. The minimum absolute atomic E-state index is 0.616. The average molecular weight is 228 g/mol. The highest BCUT2D eigenvalue weighted by Crippen LogP contribution is 2.31. The van der Waals surface area contributed by atoms with Gasteiger partial charge in [-0.1, -0.05) is 12.1 Å². The molecule has 17 heavy (non-hydrogen) atoms. The van der Waals surface area contributed by atoms with Crippen molar-refractivity contribution >= 4 is 11.4 Å². The molecule has 0 unspecified atom stereocenters. The van der Waals surface area contributed by atoms with Gasteiger partial charge in [-0.2, -0.15) is 0 Å². The van der Waals surface area contributed by atoms with E-state index < -0.39 is 0 Å². The van der Waals surface area contributed by atoms with Crippen LogP contribution in [0.15, 0.2) is 36.4 Å². The second kappa shape index (κ2) is 4.37. The summed E-state index contributed by atoms with van der Waals surface area (Å²) in [5, 5.41) is 0. The van der Waals surface area contributed by atoms with Crippen LogP contribution in [-0.2, 0) is 0 Å². The van der Waals surface area contributed by atoms with Gasteiger partial charge in [-0.05, 0) is 49.2 Å². The average Bonchev–Trinajstić information content (AvgIpc) is 2.25. The molecular formula is C14H16N2O. The molecule has 0 aliphatic rings. The minimum atomic E-state index is 0.616. The van der Waals surface area contributed by atoms with Crippen molar-refractivity contribution in [3.8, 4) is 11.5 Å². The zero-order valence-corrected chi connectivity index (χ0v) is 10.0. The van der Waals surface area contributed by atoms with Crippen molar-refractivity contribution in [2.75, 3.05) is 11.5 Å². The van der Waals surface area contributed by atoms with Gasteiger partial charge in [0.05, 0.1) is 11.4 Å². The number of rotatable bonds is 2. The van der Waals surface area contributed by atoms with Crippen molar-refractivity contribution in [1.82, 2.24) is 0 Å². The molecule has 3 heteroatoms. The third kappa shape index (κ3) is 2.50.